The fourth-order valence-corrected chi connectivity index (χ4v) is 2.34. The van der Waals surface area contributed by atoms with Crippen molar-refractivity contribution in [3.8, 4) is 0 Å². The van der Waals surface area contributed by atoms with Gasteiger partial charge >= 0.3 is 0 Å². The molecule has 5 heteroatoms. The molecule has 1 aliphatic heterocycles. The number of pyridine rings is 1. The maximum absolute atomic E-state index is 13.6. The second kappa shape index (κ2) is 5.76. The van der Waals surface area contributed by atoms with Gasteiger partial charge in [0.25, 0.3) is 0 Å². The van der Waals surface area contributed by atoms with Crippen LogP contribution in [0.4, 0.5) is 4.39 Å². The lowest BCUT2D eigenvalue weighted by atomic mass is 9.97. The number of hydrogen-bond donors (Lipinski definition) is 1. The molecule has 0 aromatic carbocycles. The predicted molar refractivity (Wildman–Crippen MR) is 64.3 cm³/mol. The molecule has 1 aromatic rings. The van der Waals surface area contributed by atoms with E-state index in [1.165, 1.54) is 12.3 Å². The highest BCUT2D eigenvalue weighted by Gasteiger charge is 2.20. The normalized spacial score (nSPS) is 18.5. The summed E-state index contributed by atoms with van der Waals surface area (Å²) in [7, 11) is 0. The lowest BCUT2D eigenvalue weighted by Gasteiger charge is -2.31. The van der Waals surface area contributed by atoms with E-state index in [-0.39, 0.29) is 17.6 Å². The Balaban J connectivity index is 1.98. The largest absolute Gasteiger partial charge is 0.396 e. The smallest absolute Gasteiger partial charge is 0.136 e. The van der Waals surface area contributed by atoms with E-state index in [2.05, 4.69) is 9.88 Å². The quantitative estimate of drug-likeness (QED) is 0.844. The molecule has 0 saturated carbocycles. The van der Waals surface area contributed by atoms with Gasteiger partial charge in [0.2, 0.25) is 0 Å². The van der Waals surface area contributed by atoms with Gasteiger partial charge in [0.15, 0.2) is 0 Å². The molecule has 1 aliphatic rings. The van der Waals surface area contributed by atoms with Gasteiger partial charge in [-0.15, -0.1) is 0 Å². The van der Waals surface area contributed by atoms with Gasteiger partial charge in [-0.05, 0) is 37.9 Å². The summed E-state index contributed by atoms with van der Waals surface area (Å²) >= 11 is 5.89. The molecular formula is C12H16ClFN2O. The summed E-state index contributed by atoms with van der Waals surface area (Å²) in [6.07, 6.45) is 3.28. The van der Waals surface area contributed by atoms with Gasteiger partial charge in [0.05, 0.1) is 0 Å². The van der Waals surface area contributed by atoms with Gasteiger partial charge < -0.3 is 5.11 Å². The van der Waals surface area contributed by atoms with Gasteiger partial charge in [-0.25, -0.2) is 9.37 Å². The molecule has 0 radical (unpaired) electrons. The predicted octanol–water partition coefficient (Wildman–Crippen LogP) is 2.08. The first-order chi connectivity index (χ1) is 8.20. The first-order valence-corrected chi connectivity index (χ1v) is 6.20. The summed E-state index contributed by atoms with van der Waals surface area (Å²) in [5, 5.41) is 9.29. The molecule has 0 aliphatic carbocycles. The third-order valence-corrected chi connectivity index (χ3v) is 3.62. The maximum atomic E-state index is 13.6. The van der Waals surface area contributed by atoms with Gasteiger partial charge in [-0.3, -0.25) is 4.90 Å². The number of piperidine rings is 1. The lowest BCUT2D eigenvalue weighted by Crippen LogP contribution is -2.34. The van der Waals surface area contributed by atoms with Crippen molar-refractivity contribution in [2.24, 2.45) is 5.92 Å². The zero-order chi connectivity index (χ0) is 12.3. The Labute approximate surface area is 105 Å². The fraction of sp³-hybridized carbons (Fsp3) is 0.583. The molecule has 1 aromatic heterocycles. The minimum Gasteiger partial charge on any atom is -0.396 e. The van der Waals surface area contributed by atoms with E-state index >= 15 is 0 Å². The number of aliphatic hydroxyl groups excluding tert-OH is 1. The topological polar surface area (TPSA) is 36.4 Å². The SMILES string of the molecule is OCC1CCN(Cc2c(F)ccnc2Cl)CC1. The van der Waals surface area contributed by atoms with Crippen LogP contribution in [-0.2, 0) is 6.54 Å². The second-order valence-corrected chi connectivity index (χ2v) is 4.82. The van der Waals surface area contributed by atoms with Crippen molar-refractivity contribution in [1.29, 1.82) is 0 Å². The fourth-order valence-electron chi connectivity index (χ4n) is 2.14. The number of rotatable bonds is 3. The van der Waals surface area contributed by atoms with E-state index in [0.717, 1.165) is 25.9 Å². The first-order valence-electron chi connectivity index (χ1n) is 5.82. The summed E-state index contributed by atoms with van der Waals surface area (Å²) in [4.78, 5) is 6.05. The summed E-state index contributed by atoms with van der Waals surface area (Å²) in [6.45, 7) is 2.48. The van der Waals surface area contributed by atoms with Gasteiger partial charge in [0.1, 0.15) is 11.0 Å². The van der Waals surface area contributed by atoms with Gasteiger partial charge in [0, 0.05) is 24.9 Å². The Hall–Kier alpha value is -0.710. The third kappa shape index (κ3) is 3.15. The molecule has 0 atom stereocenters. The Morgan fingerprint density at radius 3 is 2.76 bits per heavy atom. The van der Waals surface area contributed by atoms with E-state index in [1.54, 1.807) is 0 Å². The molecule has 1 saturated heterocycles. The number of nitrogens with zero attached hydrogens (tertiary/aromatic N) is 2. The molecule has 1 fully saturated rings. The molecule has 0 bridgehead atoms. The van der Waals surface area contributed by atoms with Crippen LogP contribution in [0.3, 0.4) is 0 Å². The monoisotopic (exact) mass is 258 g/mol. The van der Waals surface area contributed by atoms with Crippen LogP contribution < -0.4 is 0 Å². The zero-order valence-electron chi connectivity index (χ0n) is 9.57. The van der Waals surface area contributed by atoms with E-state index in [4.69, 9.17) is 16.7 Å². The van der Waals surface area contributed by atoms with Crippen molar-refractivity contribution in [2.45, 2.75) is 19.4 Å². The Morgan fingerprint density at radius 2 is 2.18 bits per heavy atom. The van der Waals surface area contributed by atoms with Crippen molar-refractivity contribution >= 4 is 11.6 Å². The molecule has 0 spiro atoms. The summed E-state index contributed by atoms with van der Waals surface area (Å²) in [6, 6.07) is 1.34. The van der Waals surface area contributed by atoms with Crippen molar-refractivity contribution in [3.63, 3.8) is 0 Å². The van der Waals surface area contributed by atoms with E-state index < -0.39 is 0 Å². The average molecular weight is 259 g/mol. The second-order valence-electron chi connectivity index (χ2n) is 4.46. The number of hydrogen-bond acceptors (Lipinski definition) is 3. The highest BCUT2D eigenvalue weighted by Crippen LogP contribution is 2.22. The summed E-state index contributed by atoms with van der Waals surface area (Å²) in [5.74, 6) is 0.0924. The van der Waals surface area contributed by atoms with Crippen LogP contribution in [0.25, 0.3) is 0 Å². The van der Waals surface area contributed by atoms with Crippen LogP contribution in [0.5, 0.6) is 0 Å². The molecule has 1 N–H and O–H groups in total. The number of aromatic nitrogens is 1. The Kier molecular flexibility index (Phi) is 4.31. The van der Waals surface area contributed by atoms with Crippen molar-refractivity contribution < 1.29 is 9.50 Å². The number of aliphatic hydroxyl groups is 1. The molecule has 2 rings (SSSR count). The molecule has 17 heavy (non-hydrogen) atoms. The van der Waals surface area contributed by atoms with Crippen LogP contribution in [0, 0.1) is 11.7 Å². The Bertz CT molecular complexity index is 361. The highest BCUT2D eigenvalue weighted by molar-refractivity contribution is 6.30. The minimum atomic E-state index is -0.297. The summed E-state index contributed by atoms with van der Waals surface area (Å²) < 4.78 is 13.6. The molecule has 2 heterocycles. The van der Waals surface area contributed by atoms with Gasteiger partial charge in [-0.2, -0.15) is 0 Å². The minimum absolute atomic E-state index is 0.245. The average Bonchev–Trinajstić information content (AvgIpc) is 2.35. The molecule has 0 amide bonds. The highest BCUT2D eigenvalue weighted by atomic mass is 35.5. The zero-order valence-corrected chi connectivity index (χ0v) is 10.3. The molecule has 3 nitrogen and oxygen atoms in total. The van der Waals surface area contributed by atoms with Crippen LogP contribution in [0.2, 0.25) is 5.15 Å². The lowest BCUT2D eigenvalue weighted by molar-refractivity contribution is 0.126. The summed E-state index contributed by atoms with van der Waals surface area (Å²) in [5.41, 5.74) is 0.469. The van der Waals surface area contributed by atoms with Crippen molar-refractivity contribution in [2.75, 3.05) is 19.7 Å². The third-order valence-electron chi connectivity index (χ3n) is 3.29. The van der Waals surface area contributed by atoms with E-state index in [9.17, 15) is 4.39 Å². The molecule has 94 valence electrons. The van der Waals surface area contributed by atoms with Crippen LogP contribution in [-0.4, -0.2) is 34.7 Å². The van der Waals surface area contributed by atoms with Crippen molar-refractivity contribution in [3.05, 3.63) is 28.8 Å². The van der Waals surface area contributed by atoms with Crippen molar-refractivity contribution in [1.82, 2.24) is 9.88 Å². The van der Waals surface area contributed by atoms with E-state index in [0.29, 0.717) is 18.0 Å². The first kappa shape index (κ1) is 12.7. The van der Waals surface area contributed by atoms with Crippen LogP contribution in [0.1, 0.15) is 18.4 Å². The van der Waals surface area contributed by atoms with E-state index in [1.807, 2.05) is 0 Å². The number of likely N-dealkylation sites (tertiary alicyclic amines) is 1. The van der Waals surface area contributed by atoms with Crippen LogP contribution >= 0.6 is 11.6 Å². The van der Waals surface area contributed by atoms with Gasteiger partial charge in [-0.1, -0.05) is 11.6 Å². The number of halogens is 2. The Morgan fingerprint density at radius 1 is 1.47 bits per heavy atom. The maximum Gasteiger partial charge on any atom is 0.136 e. The van der Waals surface area contributed by atoms with Crippen LogP contribution in [0.15, 0.2) is 12.3 Å². The molecule has 0 unspecified atom stereocenters. The standard InChI is InChI=1S/C12H16ClFN2O/c13-12-10(11(14)1-4-15-12)7-16-5-2-9(8-17)3-6-16/h1,4,9,17H,2-3,5-8H2. The molecular weight excluding hydrogens is 243 g/mol.